The molecule has 1 aromatic carbocycles. The Balaban J connectivity index is 1.39. The molecule has 4 heteroatoms. The lowest BCUT2D eigenvalue weighted by atomic mass is 10.3. The van der Waals surface area contributed by atoms with Gasteiger partial charge in [-0.05, 0) is 56.2 Å². The van der Waals surface area contributed by atoms with Crippen LogP contribution in [0.1, 0.15) is 32.1 Å². The van der Waals surface area contributed by atoms with Crippen molar-refractivity contribution in [2.24, 2.45) is 0 Å². The van der Waals surface area contributed by atoms with Crippen LogP contribution in [0.5, 0.6) is 11.5 Å². The van der Waals surface area contributed by atoms with Crippen molar-refractivity contribution in [1.29, 1.82) is 0 Å². The number of benzene rings is 1. The lowest BCUT2D eigenvalue weighted by Gasteiger charge is -2.09. The fourth-order valence-corrected chi connectivity index (χ4v) is 3.18. The van der Waals surface area contributed by atoms with Gasteiger partial charge in [0.25, 0.3) is 0 Å². The van der Waals surface area contributed by atoms with Crippen LogP contribution in [-0.2, 0) is 0 Å². The number of fused-ring (bicyclic) bond motifs is 1. The van der Waals surface area contributed by atoms with Gasteiger partial charge in [-0.25, -0.2) is 0 Å². The Labute approximate surface area is 125 Å². The number of nitrogens with one attached hydrogen (secondary N) is 1. The maximum atomic E-state index is 5.72. The van der Waals surface area contributed by atoms with Crippen molar-refractivity contribution >= 4 is 11.8 Å². The third-order valence-corrected chi connectivity index (χ3v) is 4.65. The van der Waals surface area contributed by atoms with Crippen molar-refractivity contribution in [2.45, 2.75) is 43.0 Å². The summed E-state index contributed by atoms with van der Waals surface area (Å²) in [5.74, 6) is 2.97. The first-order chi connectivity index (χ1) is 9.92. The summed E-state index contributed by atoms with van der Waals surface area (Å²) in [5, 5.41) is 3.56. The molecule has 1 aliphatic carbocycles. The van der Waals surface area contributed by atoms with E-state index in [9.17, 15) is 0 Å². The molecule has 3 nitrogen and oxygen atoms in total. The molecule has 0 amide bonds. The highest BCUT2D eigenvalue weighted by Gasteiger charge is 2.19. The highest BCUT2D eigenvalue weighted by atomic mass is 32.2. The van der Waals surface area contributed by atoms with E-state index >= 15 is 0 Å². The third-order valence-electron chi connectivity index (χ3n) is 3.57. The fraction of sp³-hybridized carbons (Fsp3) is 0.625. The topological polar surface area (TPSA) is 30.5 Å². The van der Waals surface area contributed by atoms with Gasteiger partial charge in [0.2, 0.25) is 0 Å². The number of hydrogen-bond acceptors (Lipinski definition) is 4. The van der Waals surface area contributed by atoms with Crippen molar-refractivity contribution in [3.05, 3.63) is 18.2 Å². The Bertz CT molecular complexity index is 434. The summed E-state index contributed by atoms with van der Waals surface area (Å²) >= 11 is 1.91. The lowest BCUT2D eigenvalue weighted by Crippen LogP contribution is -2.17. The standard InChI is InChI=1S/C16H23NO2S/c1(8-17-13-4-5-13)2-11-20-14-6-7-15-16(12-14)19-10-3-9-18-15/h6-7,12-13,17H,1-5,8-11H2. The second-order valence-electron chi connectivity index (χ2n) is 5.44. The van der Waals surface area contributed by atoms with E-state index in [0.717, 1.165) is 37.2 Å². The molecule has 20 heavy (non-hydrogen) atoms. The number of rotatable bonds is 7. The first-order valence-electron chi connectivity index (χ1n) is 7.68. The van der Waals surface area contributed by atoms with Crippen LogP contribution in [-0.4, -0.2) is 31.6 Å². The lowest BCUT2D eigenvalue weighted by molar-refractivity contribution is 0.297. The molecule has 1 N–H and O–H groups in total. The zero-order chi connectivity index (χ0) is 13.6. The summed E-state index contributed by atoms with van der Waals surface area (Å²) < 4.78 is 11.4. The SMILES string of the molecule is c1cc2c(cc1SCCCCNC1CC1)OCCCO2. The molecule has 0 radical (unpaired) electrons. The van der Waals surface area contributed by atoms with Crippen molar-refractivity contribution in [1.82, 2.24) is 5.32 Å². The molecule has 1 fully saturated rings. The van der Waals surface area contributed by atoms with E-state index < -0.39 is 0 Å². The van der Waals surface area contributed by atoms with E-state index in [2.05, 4.69) is 17.4 Å². The second kappa shape index (κ2) is 7.23. The molecular weight excluding hydrogens is 270 g/mol. The van der Waals surface area contributed by atoms with Gasteiger partial charge in [0.15, 0.2) is 11.5 Å². The fourth-order valence-electron chi connectivity index (χ4n) is 2.24. The Morgan fingerprint density at radius 1 is 1.10 bits per heavy atom. The summed E-state index contributed by atoms with van der Waals surface area (Å²) in [6.07, 6.45) is 6.26. The van der Waals surface area contributed by atoms with E-state index in [1.54, 1.807) is 0 Å². The van der Waals surface area contributed by atoms with E-state index in [1.165, 1.54) is 42.9 Å². The molecular formula is C16H23NO2S. The van der Waals surface area contributed by atoms with Gasteiger partial charge in [-0.1, -0.05) is 0 Å². The van der Waals surface area contributed by atoms with Gasteiger partial charge in [0.05, 0.1) is 13.2 Å². The van der Waals surface area contributed by atoms with Gasteiger partial charge < -0.3 is 14.8 Å². The second-order valence-corrected chi connectivity index (χ2v) is 6.61. The number of unbranched alkanes of at least 4 members (excludes halogenated alkanes) is 1. The Kier molecular flexibility index (Phi) is 5.09. The van der Waals surface area contributed by atoms with Crippen LogP contribution in [0.15, 0.2) is 23.1 Å². The Morgan fingerprint density at radius 2 is 1.95 bits per heavy atom. The van der Waals surface area contributed by atoms with Gasteiger partial charge in [-0.15, -0.1) is 11.8 Å². The van der Waals surface area contributed by atoms with Crippen LogP contribution in [0, 0.1) is 0 Å². The van der Waals surface area contributed by atoms with Gasteiger partial charge in [-0.2, -0.15) is 0 Å². The molecule has 0 saturated heterocycles. The number of ether oxygens (including phenoxy) is 2. The maximum Gasteiger partial charge on any atom is 0.162 e. The summed E-state index contributed by atoms with van der Waals surface area (Å²) in [6.45, 7) is 2.69. The largest absolute Gasteiger partial charge is 0.490 e. The molecule has 2 aliphatic rings. The van der Waals surface area contributed by atoms with Crippen LogP contribution in [0.25, 0.3) is 0 Å². The normalized spacial score (nSPS) is 17.8. The molecule has 0 unspecified atom stereocenters. The van der Waals surface area contributed by atoms with Crippen molar-refractivity contribution in [3.63, 3.8) is 0 Å². The molecule has 0 aromatic heterocycles. The van der Waals surface area contributed by atoms with E-state index in [-0.39, 0.29) is 0 Å². The predicted octanol–water partition coefficient (Wildman–Crippen LogP) is 3.47. The quantitative estimate of drug-likeness (QED) is 0.616. The summed E-state index contributed by atoms with van der Waals surface area (Å²) in [6, 6.07) is 7.14. The van der Waals surface area contributed by atoms with Crippen LogP contribution in [0.3, 0.4) is 0 Å². The summed E-state index contributed by atoms with van der Waals surface area (Å²) in [7, 11) is 0. The highest BCUT2D eigenvalue weighted by Crippen LogP contribution is 2.34. The number of thioether (sulfide) groups is 1. The van der Waals surface area contributed by atoms with Gasteiger partial charge >= 0.3 is 0 Å². The van der Waals surface area contributed by atoms with Crippen LogP contribution in [0.4, 0.5) is 0 Å². The highest BCUT2D eigenvalue weighted by molar-refractivity contribution is 7.99. The van der Waals surface area contributed by atoms with E-state index in [0.29, 0.717) is 0 Å². The summed E-state index contributed by atoms with van der Waals surface area (Å²) in [4.78, 5) is 1.28. The molecule has 3 rings (SSSR count). The average Bonchev–Trinajstić information content (AvgIpc) is 3.29. The van der Waals surface area contributed by atoms with Gasteiger partial charge in [0.1, 0.15) is 0 Å². The third kappa shape index (κ3) is 4.32. The minimum atomic E-state index is 0.757. The monoisotopic (exact) mass is 293 g/mol. The molecule has 0 bridgehead atoms. The first-order valence-corrected chi connectivity index (χ1v) is 8.66. The zero-order valence-corrected chi connectivity index (χ0v) is 12.7. The minimum absolute atomic E-state index is 0.757. The van der Waals surface area contributed by atoms with Crippen molar-refractivity contribution in [3.8, 4) is 11.5 Å². The smallest absolute Gasteiger partial charge is 0.162 e. The van der Waals surface area contributed by atoms with Crippen LogP contribution >= 0.6 is 11.8 Å². The zero-order valence-electron chi connectivity index (χ0n) is 11.9. The van der Waals surface area contributed by atoms with E-state index in [1.807, 2.05) is 17.8 Å². The van der Waals surface area contributed by atoms with E-state index in [4.69, 9.17) is 9.47 Å². The van der Waals surface area contributed by atoms with Gasteiger partial charge in [-0.3, -0.25) is 0 Å². The predicted molar refractivity (Wildman–Crippen MR) is 83.0 cm³/mol. The molecule has 1 heterocycles. The molecule has 1 saturated carbocycles. The van der Waals surface area contributed by atoms with Gasteiger partial charge in [0, 0.05) is 17.4 Å². The maximum absolute atomic E-state index is 5.72. The average molecular weight is 293 g/mol. The molecule has 0 atom stereocenters. The molecule has 0 spiro atoms. The Hall–Kier alpha value is -0.870. The number of hydrogen-bond donors (Lipinski definition) is 1. The van der Waals surface area contributed by atoms with Crippen molar-refractivity contribution < 1.29 is 9.47 Å². The minimum Gasteiger partial charge on any atom is -0.490 e. The first kappa shape index (κ1) is 14.1. The van der Waals surface area contributed by atoms with Crippen LogP contribution in [0.2, 0.25) is 0 Å². The summed E-state index contributed by atoms with van der Waals surface area (Å²) in [5.41, 5.74) is 0. The molecule has 110 valence electrons. The van der Waals surface area contributed by atoms with Crippen molar-refractivity contribution in [2.75, 3.05) is 25.5 Å². The van der Waals surface area contributed by atoms with Crippen LogP contribution < -0.4 is 14.8 Å². The Morgan fingerprint density at radius 3 is 2.80 bits per heavy atom. The molecule has 1 aliphatic heterocycles. The molecule has 1 aromatic rings.